The Morgan fingerprint density at radius 2 is 2.13 bits per heavy atom. The minimum atomic E-state index is -0.914. The molecule has 0 aliphatic rings. The third-order valence-corrected chi connectivity index (χ3v) is 3.03. The quantitative estimate of drug-likeness (QED) is 0.867. The van der Waals surface area contributed by atoms with E-state index in [-0.39, 0.29) is 0 Å². The molecule has 0 amide bonds. The highest BCUT2D eigenvalue weighted by Crippen LogP contribution is 2.19. The van der Waals surface area contributed by atoms with Crippen LogP contribution in [0.5, 0.6) is 0 Å². The van der Waals surface area contributed by atoms with Gasteiger partial charge in [0.05, 0.1) is 5.25 Å². The Morgan fingerprint density at radius 3 is 2.67 bits per heavy atom. The third-order valence-electron chi connectivity index (χ3n) is 1.83. The molecule has 82 valence electrons. The first kappa shape index (κ1) is 12.0. The maximum atomic E-state index is 12.8. The van der Waals surface area contributed by atoms with Crippen molar-refractivity contribution in [2.75, 3.05) is 0 Å². The molecular weight excluding hydrogens is 222 g/mol. The standard InChI is InChI=1S/C10H10F2O2S/c1-6(10(13)14)15-5-7-2-3-8(11)9(12)4-7/h2-4,6H,5H2,1H3,(H,13,14). The van der Waals surface area contributed by atoms with Crippen molar-refractivity contribution in [3.63, 3.8) is 0 Å². The highest BCUT2D eigenvalue weighted by atomic mass is 32.2. The van der Waals surface area contributed by atoms with E-state index in [9.17, 15) is 13.6 Å². The molecule has 0 spiro atoms. The molecule has 1 aromatic rings. The van der Waals surface area contributed by atoms with Crippen LogP contribution < -0.4 is 0 Å². The van der Waals surface area contributed by atoms with Gasteiger partial charge < -0.3 is 5.11 Å². The number of hydrogen-bond acceptors (Lipinski definition) is 2. The zero-order valence-corrected chi connectivity index (χ0v) is 8.85. The third kappa shape index (κ3) is 3.51. The van der Waals surface area contributed by atoms with Crippen LogP contribution in [0.3, 0.4) is 0 Å². The summed E-state index contributed by atoms with van der Waals surface area (Å²) in [5, 5.41) is 8.05. The van der Waals surface area contributed by atoms with Gasteiger partial charge in [-0.3, -0.25) is 4.79 Å². The lowest BCUT2D eigenvalue weighted by Gasteiger charge is -2.06. The molecule has 0 heterocycles. The average Bonchev–Trinajstić information content (AvgIpc) is 2.19. The summed E-state index contributed by atoms with van der Waals surface area (Å²) in [4.78, 5) is 10.5. The number of carboxylic acid groups (broad SMARTS) is 1. The molecule has 1 rings (SSSR count). The van der Waals surface area contributed by atoms with Crippen LogP contribution in [-0.2, 0) is 10.5 Å². The van der Waals surface area contributed by atoms with Gasteiger partial charge in [0.2, 0.25) is 0 Å². The predicted molar refractivity (Wildman–Crippen MR) is 54.8 cm³/mol. The van der Waals surface area contributed by atoms with Crippen LogP contribution >= 0.6 is 11.8 Å². The smallest absolute Gasteiger partial charge is 0.316 e. The maximum absolute atomic E-state index is 12.8. The molecule has 2 nitrogen and oxygen atoms in total. The number of thioether (sulfide) groups is 1. The van der Waals surface area contributed by atoms with Gasteiger partial charge in [0.25, 0.3) is 0 Å². The Balaban J connectivity index is 2.58. The molecule has 0 bridgehead atoms. The first-order chi connectivity index (χ1) is 7.00. The molecule has 0 saturated heterocycles. The molecular formula is C10H10F2O2S. The zero-order chi connectivity index (χ0) is 11.4. The van der Waals surface area contributed by atoms with Crippen molar-refractivity contribution < 1.29 is 18.7 Å². The second-order valence-corrected chi connectivity index (χ2v) is 4.37. The van der Waals surface area contributed by atoms with E-state index in [1.165, 1.54) is 6.07 Å². The number of hydrogen-bond donors (Lipinski definition) is 1. The van der Waals surface area contributed by atoms with E-state index in [4.69, 9.17) is 5.11 Å². The fraction of sp³-hybridized carbons (Fsp3) is 0.300. The van der Waals surface area contributed by atoms with E-state index in [0.29, 0.717) is 11.3 Å². The van der Waals surface area contributed by atoms with E-state index in [2.05, 4.69) is 0 Å². The summed E-state index contributed by atoms with van der Waals surface area (Å²) < 4.78 is 25.3. The van der Waals surface area contributed by atoms with Crippen molar-refractivity contribution in [1.82, 2.24) is 0 Å². The Labute approximate surface area is 90.3 Å². The van der Waals surface area contributed by atoms with E-state index in [0.717, 1.165) is 23.9 Å². The fourth-order valence-electron chi connectivity index (χ4n) is 0.922. The van der Waals surface area contributed by atoms with Crippen molar-refractivity contribution in [3.05, 3.63) is 35.4 Å². The van der Waals surface area contributed by atoms with Crippen molar-refractivity contribution >= 4 is 17.7 Å². The van der Waals surface area contributed by atoms with Crippen molar-refractivity contribution in [2.24, 2.45) is 0 Å². The Bertz CT molecular complexity index is 368. The van der Waals surface area contributed by atoms with Gasteiger partial charge in [0.15, 0.2) is 11.6 Å². The van der Waals surface area contributed by atoms with Crippen molar-refractivity contribution in [1.29, 1.82) is 0 Å². The van der Waals surface area contributed by atoms with Crippen LogP contribution in [-0.4, -0.2) is 16.3 Å². The number of carbonyl (C=O) groups is 1. The van der Waals surface area contributed by atoms with Gasteiger partial charge in [-0.05, 0) is 24.6 Å². The molecule has 0 saturated carbocycles. The summed E-state index contributed by atoms with van der Waals surface area (Å²) in [7, 11) is 0. The van der Waals surface area contributed by atoms with E-state index < -0.39 is 22.9 Å². The molecule has 0 aromatic heterocycles. The molecule has 0 fully saturated rings. The molecule has 1 atom stereocenters. The summed E-state index contributed by atoms with van der Waals surface area (Å²) in [5.74, 6) is -2.36. The lowest BCUT2D eigenvalue weighted by molar-refractivity contribution is -0.136. The van der Waals surface area contributed by atoms with Crippen LogP contribution in [0.1, 0.15) is 12.5 Å². The van der Waals surface area contributed by atoms with Gasteiger partial charge in [-0.1, -0.05) is 6.07 Å². The summed E-state index contributed by atoms with van der Waals surface area (Å²) >= 11 is 1.16. The van der Waals surface area contributed by atoms with Crippen LogP contribution in [0, 0.1) is 11.6 Å². The second-order valence-electron chi connectivity index (χ2n) is 3.04. The number of halogens is 2. The zero-order valence-electron chi connectivity index (χ0n) is 8.04. The summed E-state index contributed by atoms with van der Waals surface area (Å²) in [6, 6.07) is 3.56. The second kappa shape index (κ2) is 5.11. The minimum absolute atomic E-state index is 0.352. The highest BCUT2D eigenvalue weighted by Gasteiger charge is 2.11. The van der Waals surface area contributed by atoms with Crippen molar-refractivity contribution in [2.45, 2.75) is 17.9 Å². The molecule has 5 heteroatoms. The number of benzene rings is 1. The Morgan fingerprint density at radius 1 is 1.47 bits per heavy atom. The van der Waals surface area contributed by atoms with Crippen LogP contribution in [0.4, 0.5) is 8.78 Å². The first-order valence-corrected chi connectivity index (χ1v) is 5.34. The van der Waals surface area contributed by atoms with Crippen LogP contribution in [0.2, 0.25) is 0 Å². The number of carboxylic acids is 1. The monoisotopic (exact) mass is 232 g/mol. The largest absolute Gasteiger partial charge is 0.480 e. The van der Waals surface area contributed by atoms with Crippen LogP contribution in [0.15, 0.2) is 18.2 Å². The average molecular weight is 232 g/mol. The SMILES string of the molecule is CC(SCc1ccc(F)c(F)c1)C(=O)O. The van der Waals surface area contributed by atoms with Gasteiger partial charge in [0, 0.05) is 5.75 Å². The van der Waals surface area contributed by atoms with Gasteiger partial charge in [-0.25, -0.2) is 8.78 Å². The lowest BCUT2D eigenvalue weighted by Crippen LogP contribution is -2.11. The Kier molecular flexibility index (Phi) is 4.08. The Hall–Kier alpha value is -1.10. The highest BCUT2D eigenvalue weighted by molar-refractivity contribution is 7.99. The first-order valence-electron chi connectivity index (χ1n) is 4.29. The number of aliphatic carboxylic acids is 1. The molecule has 1 N–H and O–H groups in total. The molecule has 1 aromatic carbocycles. The normalized spacial score (nSPS) is 12.5. The van der Waals surface area contributed by atoms with Gasteiger partial charge in [-0.2, -0.15) is 0 Å². The molecule has 0 aliphatic carbocycles. The lowest BCUT2D eigenvalue weighted by atomic mass is 10.2. The van der Waals surface area contributed by atoms with E-state index in [1.807, 2.05) is 0 Å². The molecule has 1 unspecified atom stereocenters. The number of rotatable bonds is 4. The topological polar surface area (TPSA) is 37.3 Å². The molecule has 0 radical (unpaired) electrons. The summed E-state index contributed by atoms with van der Waals surface area (Å²) in [5.41, 5.74) is 0.576. The van der Waals surface area contributed by atoms with Gasteiger partial charge >= 0.3 is 5.97 Å². The predicted octanol–water partition coefficient (Wildman–Crippen LogP) is 2.67. The minimum Gasteiger partial charge on any atom is -0.480 e. The maximum Gasteiger partial charge on any atom is 0.316 e. The molecule has 15 heavy (non-hydrogen) atoms. The van der Waals surface area contributed by atoms with E-state index in [1.54, 1.807) is 6.92 Å². The molecule has 0 aliphatic heterocycles. The summed E-state index contributed by atoms with van der Waals surface area (Å²) in [6.45, 7) is 1.55. The van der Waals surface area contributed by atoms with Gasteiger partial charge in [-0.15, -0.1) is 11.8 Å². The fourth-order valence-corrected chi connectivity index (χ4v) is 1.69. The van der Waals surface area contributed by atoms with Crippen molar-refractivity contribution in [3.8, 4) is 0 Å². The van der Waals surface area contributed by atoms with Crippen LogP contribution in [0.25, 0.3) is 0 Å². The van der Waals surface area contributed by atoms with Gasteiger partial charge in [0.1, 0.15) is 0 Å². The van der Waals surface area contributed by atoms with E-state index >= 15 is 0 Å². The summed E-state index contributed by atoms with van der Waals surface area (Å²) in [6.07, 6.45) is 0.